The molecule has 0 aliphatic heterocycles. The van der Waals surface area contributed by atoms with Gasteiger partial charge in [-0.2, -0.15) is 0 Å². The Hall–Kier alpha value is -0.870. The third-order valence-electron chi connectivity index (χ3n) is 2.13. The summed E-state index contributed by atoms with van der Waals surface area (Å²) in [6.45, 7) is 2.04. The molecule has 0 radical (unpaired) electrons. The second kappa shape index (κ2) is 4.33. The monoisotopic (exact) mass is 284 g/mol. The van der Waals surface area contributed by atoms with E-state index < -0.39 is 0 Å². The van der Waals surface area contributed by atoms with Gasteiger partial charge in [0, 0.05) is 0 Å². The molecule has 0 fully saturated rings. The van der Waals surface area contributed by atoms with Gasteiger partial charge in [-0.05, 0) is 51.5 Å². The van der Waals surface area contributed by atoms with Gasteiger partial charge in [-0.3, -0.25) is 4.79 Å². The number of furan rings is 1. The Balaban J connectivity index is 2.36. The van der Waals surface area contributed by atoms with Crippen molar-refractivity contribution in [1.82, 2.24) is 0 Å². The third-order valence-corrected chi connectivity index (χ3v) is 3.51. The summed E-state index contributed by atoms with van der Waals surface area (Å²) in [5, 5.41) is 1.93. The van der Waals surface area contributed by atoms with Crippen molar-refractivity contribution in [1.29, 1.82) is 0 Å². The van der Waals surface area contributed by atoms with Crippen molar-refractivity contribution in [3.05, 3.63) is 44.4 Å². The van der Waals surface area contributed by atoms with E-state index in [1.165, 1.54) is 11.3 Å². The molecule has 2 nitrogen and oxygen atoms in total. The van der Waals surface area contributed by atoms with E-state index in [0.29, 0.717) is 10.4 Å². The van der Waals surface area contributed by atoms with E-state index in [0.717, 1.165) is 16.9 Å². The van der Waals surface area contributed by atoms with Gasteiger partial charge in [0.25, 0.3) is 0 Å². The van der Waals surface area contributed by atoms with Crippen LogP contribution in [0.1, 0.15) is 27.9 Å². The normalized spacial score (nSPS) is 10.5. The number of hydrogen-bond acceptors (Lipinski definition) is 3. The Bertz CT molecular complexity index is 484. The van der Waals surface area contributed by atoms with Crippen LogP contribution in [0.5, 0.6) is 0 Å². The summed E-state index contributed by atoms with van der Waals surface area (Å²) < 4.78 is 5.83. The van der Waals surface area contributed by atoms with Crippen LogP contribution in [0, 0.1) is 0 Å². The molecular formula is C11H9BrO2S. The summed E-state index contributed by atoms with van der Waals surface area (Å²) in [4.78, 5) is 12.8. The van der Waals surface area contributed by atoms with Gasteiger partial charge in [-0.1, -0.05) is 6.92 Å². The van der Waals surface area contributed by atoms with Crippen LogP contribution in [0.3, 0.4) is 0 Å². The van der Waals surface area contributed by atoms with Gasteiger partial charge >= 0.3 is 0 Å². The zero-order valence-corrected chi connectivity index (χ0v) is 10.5. The Kier molecular flexibility index (Phi) is 3.07. The summed E-state index contributed by atoms with van der Waals surface area (Å²) in [5.74, 6) is 0.353. The van der Waals surface area contributed by atoms with Crippen molar-refractivity contribution < 1.29 is 9.21 Å². The van der Waals surface area contributed by atoms with E-state index in [1.54, 1.807) is 12.1 Å². The lowest BCUT2D eigenvalue weighted by atomic mass is 10.1. The molecule has 2 aromatic rings. The number of halogens is 1. The summed E-state index contributed by atoms with van der Waals surface area (Å²) in [6.07, 6.45) is 0.868. The van der Waals surface area contributed by atoms with E-state index in [2.05, 4.69) is 15.9 Å². The van der Waals surface area contributed by atoms with Crippen LogP contribution < -0.4 is 0 Å². The molecule has 0 aliphatic rings. The molecule has 0 bridgehead atoms. The smallest absolute Gasteiger partial charge is 0.238 e. The fraction of sp³-hybridized carbons (Fsp3) is 0.182. The van der Waals surface area contributed by atoms with E-state index >= 15 is 0 Å². The number of rotatable bonds is 3. The molecule has 0 atom stereocenters. The van der Waals surface area contributed by atoms with Crippen LogP contribution >= 0.6 is 27.3 Å². The Morgan fingerprint density at radius 1 is 1.47 bits per heavy atom. The molecule has 78 valence electrons. The highest BCUT2D eigenvalue weighted by molar-refractivity contribution is 9.10. The average molecular weight is 285 g/mol. The minimum Gasteiger partial charge on any atom is -0.446 e. The number of ketones is 1. The fourth-order valence-electron chi connectivity index (χ4n) is 1.36. The van der Waals surface area contributed by atoms with E-state index in [-0.39, 0.29) is 5.78 Å². The minimum absolute atomic E-state index is 0.0347. The molecule has 0 amide bonds. The molecule has 0 saturated carbocycles. The molecule has 15 heavy (non-hydrogen) atoms. The third kappa shape index (κ3) is 2.06. The largest absolute Gasteiger partial charge is 0.446 e. The highest BCUT2D eigenvalue weighted by Gasteiger charge is 2.17. The number of hydrogen-bond donors (Lipinski definition) is 0. The highest BCUT2D eigenvalue weighted by Crippen LogP contribution is 2.23. The van der Waals surface area contributed by atoms with Crippen molar-refractivity contribution in [3.63, 3.8) is 0 Å². The average Bonchev–Trinajstić information content (AvgIpc) is 2.84. The molecule has 0 aromatic carbocycles. The molecular weight excluding hydrogens is 276 g/mol. The quantitative estimate of drug-likeness (QED) is 0.801. The van der Waals surface area contributed by atoms with Gasteiger partial charge < -0.3 is 4.42 Å². The van der Waals surface area contributed by atoms with Gasteiger partial charge in [-0.25, -0.2) is 0 Å². The molecule has 0 saturated heterocycles. The Morgan fingerprint density at radius 3 is 2.87 bits per heavy atom. The van der Waals surface area contributed by atoms with Gasteiger partial charge in [0.15, 0.2) is 10.4 Å². The second-order valence-electron chi connectivity index (χ2n) is 3.06. The van der Waals surface area contributed by atoms with E-state index in [4.69, 9.17) is 4.42 Å². The highest BCUT2D eigenvalue weighted by atomic mass is 79.9. The van der Waals surface area contributed by atoms with Crippen LogP contribution in [-0.2, 0) is 6.42 Å². The van der Waals surface area contributed by atoms with Crippen molar-refractivity contribution in [2.45, 2.75) is 13.3 Å². The summed E-state index contributed by atoms with van der Waals surface area (Å²) in [5.41, 5.74) is 1.08. The lowest BCUT2D eigenvalue weighted by molar-refractivity contribution is 0.101. The van der Waals surface area contributed by atoms with E-state index in [1.807, 2.05) is 18.4 Å². The Morgan fingerprint density at radius 2 is 2.27 bits per heavy atom. The van der Waals surface area contributed by atoms with Gasteiger partial charge in [0.2, 0.25) is 5.78 Å². The summed E-state index contributed by atoms with van der Waals surface area (Å²) in [6, 6.07) is 5.40. The summed E-state index contributed by atoms with van der Waals surface area (Å²) in [7, 11) is 0. The van der Waals surface area contributed by atoms with Crippen molar-refractivity contribution in [2.24, 2.45) is 0 Å². The molecule has 0 aliphatic carbocycles. The maximum absolute atomic E-state index is 12.0. The van der Waals surface area contributed by atoms with Gasteiger partial charge in [0.1, 0.15) is 0 Å². The fourth-order valence-corrected chi connectivity index (χ4v) is 2.61. The molecule has 0 unspecified atom stereocenters. The number of carbonyl (C=O) groups excluding carboxylic acids is 1. The van der Waals surface area contributed by atoms with Crippen molar-refractivity contribution in [3.8, 4) is 0 Å². The number of thiophene rings is 1. The van der Waals surface area contributed by atoms with Gasteiger partial charge in [-0.15, -0.1) is 11.3 Å². The molecule has 2 aromatic heterocycles. The van der Waals surface area contributed by atoms with Crippen molar-refractivity contribution >= 4 is 33.0 Å². The molecule has 2 heterocycles. The zero-order chi connectivity index (χ0) is 10.8. The maximum Gasteiger partial charge on any atom is 0.238 e. The Labute approximate surface area is 100 Å². The number of aryl methyl sites for hydroxylation is 1. The minimum atomic E-state index is -0.0347. The predicted molar refractivity (Wildman–Crippen MR) is 63.5 cm³/mol. The number of carbonyl (C=O) groups is 1. The predicted octanol–water partition coefficient (Wildman–Crippen LogP) is 3.90. The molecule has 2 rings (SSSR count). The van der Waals surface area contributed by atoms with Crippen LogP contribution in [0.15, 0.2) is 32.7 Å². The lowest BCUT2D eigenvalue weighted by Gasteiger charge is -1.97. The van der Waals surface area contributed by atoms with Crippen LogP contribution in [0.4, 0.5) is 0 Å². The second-order valence-corrected chi connectivity index (χ2v) is 4.76. The maximum atomic E-state index is 12.0. The van der Waals surface area contributed by atoms with Crippen molar-refractivity contribution in [2.75, 3.05) is 0 Å². The van der Waals surface area contributed by atoms with E-state index in [9.17, 15) is 4.79 Å². The molecule has 0 N–H and O–H groups in total. The van der Waals surface area contributed by atoms with Gasteiger partial charge in [0.05, 0.1) is 4.88 Å². The molecule has 4 heteroatoms. The van der Waals surface area contributed by atoms with Crippen LogP contribution in [0.25, 0.3) is 0 Å². The first kappa shape index (κ1) is 10.6. The van der Waals surface area contributed by atoms with Crippen LogP contribution in [0.2, 0.25) is 0 Å². The first-order chi connectivity index (χ1) is 7.22. The first-order valence-corrected chi connectivity index (χ1v) is 6.26. The lowest BCUT2D eigenvalue weighted by Crippen LogP contribution is -1.99. The standard InChI is InChI=1S/C11H9BrO2S/c1-2-7-5-6-15-11(7)10(13)8-3-4-9(12)14-8/h3-6H,2H2,1H3. The zero-order valence-electron chi connectivity index (χ0n) is 8.12. The van der Waals surface area contributed by atoms with Crippen LogP contribution in [-0.4, -0.2) is 5.78 Å². The topological polar surface area (TPSA) is 30.2 Å². The SMILES string of the molecule is CCc1ccsc1C(=O)c1ccc(Br)o1. The summed E-state index contributed by atoms with van der Waals surface area (Å²) >= 11 is 4.65. The first-order valence-electron chi connectivity index (χ1n) is 4.58. The molecule has 0 spiro atoms.